The number of aldehydes is 1. The van der Waals surface area contributed by atoms with Crippen molar-refractivity contribution in [3.63, 3.8) is 0 Å². The summed E-state index contributed by atoms with van der Waals surface area (Å²) in [5.74, 6) is 0.0347. The molecule has 1 aromatic carbocycles. The molecule has 0 aliphatic heterocycles. The summed E-state index contributed by atoms with van der Waals surface area (Å²) in [5, 5.41) is 8.88. The van der Waals surface area contributed by atoms with Crippen LogP contribution in [-0.2, 0) is 17.1 Å². The van der Waals surface area contributed by atoms with Crippen molar-refractivity contribution in [2.45, 2.75) is 0 Å². The maximum Gasteiger partial charge on any atom is 2.00 e. The Bertz CT molecular complexity index is 223. The SMILES string of the molecule is O=Cc1ccccc1O.[Cu+2]. The van der Waals surface area contributed by atoms with Gasteiger partial charge in [0.05, 0.1) is 5.56 Å². The van der Waals surface area contributed by atoms with Crippen LogP contribution >= 0.6 is 0 Å². The van der Waals surface area contributed by atoms with Crippen molar-refractivity contribution in [1.29, 1.82) is 0 Å². The van der Waals surface area contributed by atoms with Gasteiger partial charge in [-0.1, -0.05) is 12.1 Å². The summed E-state index contributed by atoms with van der Waals surface area (Å²) in [6.45, 7) is 0. The maximum atomic E-state index is 10.1. The number of rotatable bonds is 1. The number of para-hydroxylation sites is 1. The molecule has 2 nitrogen and oxygen atoms in total. The van der Waals surface area contributed by atoms with Gasteiger partial charge in [-0.25, -0.2) is 0 Å². The second-order valence-corrected chi connectivity index (χ2v) is 1.68. The first-order chi connectivity index (χ1) is 4.34. The average molecular weight is 186 g/mol. The number of hydrogen-bond acceptors (Lipinski definition) is 2. The molecule has 55 valence electrons. The van der Waals surface area contributed by atoms with Crippen molar-refractivity contribution in [2.24, 2.45) is 0 Å². The first-order valence-electron chi connectivity index (χ1n) is 2.58. The molecule has 0 aromatic heterocycles. The van der Waals surface area contributed by atoms with Crippen LogP contribution in [0.1, 0.15) is 10.4 Å². The molecule has 0 atom stereocenters. The molecule has 0 aliphatic carbocycles. The quantitative estimate of drug-likeness (QED) is 0.528. The number of carbonyl (C=O) groups is 1. The molecule has 1 N–H and O–H groups in total. The van der Waals surface area contributed by atoms with Crippen LogP contribution in [0.3, 0.4) is 0 Å². The molecule has 10 heavy (non-hydrogen) atoms. The van der Waals surface area contributed by atoms with Gasteiger partial charge in [0, 0.05) is 0 Å². The number of aromatic hydroxyl groups is 1. The van der Waals surface area contributed by atoms with Gasteiger partial charge in [-0.05, 0) is 12.1 Å². The van der Waals surface area contributed by atoms with Crippen LogP contribution in [0.25, 0.3) is 0 Å². The summed E-state index contributed by atoms with van der Waals surface area (Å²) in [5.41, 5.74) is 0.331. The number of carbonyl (C=O) groups excluding carboxylic acids is 1. The summed E-state index contributed by atoms with van der Waals surface area (Å²) in [7, 11) is 0. The van der Waals surface area contributed by atoms with Crippen molar-refractivity contribution in [3.05, 3.63) is 29.8 Å². The smallest absolute Gasteiger partial charge is 0.507 e. The Morgan fingerprint density at radius 1 is 1.30 bits per heavy atom. The van der Waals surface area contributed by atoms with E-state index in [0.29, 0.717) is 11.8 Å². The summed E-state index contributed by atoms with van der Waals surface area (Å²) in [6.07, 6.45) is 0.620. The zero-order valence-electron chi connectivity index (χ0n) is 5.04. The van der Waals surface area contributed by atoms with E-state index < -0.39 is 0 Å². The molecule has 0 saturated carbocycles. The minimum atomic E-state index is 0. The maximum absolute atomic E-state index is 10.1. The van der Waals surface area contributed by atoms with Crippen LogP contribution in [0.5, 0.6) is 5.75 Å². The summed E-state index contributed by atoms with van der Waals surface area (Å²) in [4.78, 5) is 10.1. The van der Waals surface area contributed by atoms with Gasteiger partial charge in [0.1, 0.15) is 5.75 Å². The molecule has 0 bridgehead atoms. The Morgan fingerprint density at radius 2 is 1.90 bits per heavy atom. The fraction of sp³-hybridized carbons (Fsp3) is 0. The summed E-state index contributed by atoms with van der Waals surface area (Å²) < 4.78 is 0. The van der Waals surface area contributed by atoms with Crippen molar-refractivity contribution >= 4 is 6.29 Å². The predicted octanol–water partition coefficient (Wildman–Crippen LogP) is 1.20. The van der Waals surface area contributed by atoms with Gasteiger partial charge in [0.2, 0.25) is 0 Å². The largest absolute Gasteiger partial charge is 2.00 e. The van der Waals surface area contributed by atoms with Crippen LogP contribution in [0.2, 0.25) is 0 Å². The van der Waals surface area contributed by atoms with Crippen LogP contribution in [0.4, 0.5) is 0 Å². The fourth-order valence-corrected chi connectivity index (χ4v) is 0.587. The number of hydrogen-bond donors (Lipinski definition) is 1. The van der Waals surface area contributed by atoms with Gasteiger partial charge in [-0.3, -0.25) is 4.79 Å². The molecule has 0 saturated heterocycles. The topological polar surface area (TPSA) is 37.3 Å². The zero-order chi connectivity index (χ0) is 6.69. The number of phenolic OH excluding ortho intramolecular Hbond substituents is 1. The van der Waals surface area contributed by atoms with Gasteiger partial charge in [-0.2, -0.15) is 0 Å². The van der Waals surface area contributed by atoms with E-state index in [1.54, 1.807) is 18.2 Å². The predicted molar refractivity (Wildman–Crippen MR) is 33.5 cm³/mol. The third kappa shape index (κ3) is 1.86. The van der Waals surface area contributed by atoms with E-state index in [-0.39, 0.29) is 22.8 Å². The van der Waals surface area contributed by atoms with E-state index in [1.165, 1.54) is 6.07 Å². The van der Waals surface area contributed by atoms with Crippen molar-refractivity contribution in [3.8, 4) is 5.75 Å². The molecule has 3 heteroatoms. The zero-order valence-corrected chi connectivity index (χ0v) is 5.99. The standard InChI is InChI=1S/C7H6O2.Cu/c8-5-6-3-1-2-4-7(6)9;/h1-5,9H;/q;+2. The van der Waals surface area contributed by atoms with Crippen molar-refractivity contribution in [1.82, 2.24) is 0 Å². The van der Waals surface area contributed by atoms with Gasteiger partial charge < -0.3 is 5.11 Å². The minimum absolute atomic E-state index is 0. The minimum Gasteiger partial charge on any atom is -0.507 e. The Hall–Kier alpha value is -0.791. The molecule has 1 rings (SSSR count). The molecule has 1 aromatic rings. The normalized spacial score (nSPS) is 8.00. The van der Waals surface area contributed by atoms with E-state index in [9.17, 15) is 4.79 Å². The van der Waals surface area contributed by atoms with Gasteiger partial charge in [-0.15, -0.1) is 0 Å². The third-order valence-electron chi connectivity index (χ3n) is 1.06. The van der Waals surface area contributed by atoms with E-state index in [1.807, 2.05) is 0 Å². The van der Waals surface area contributed by atoms with Gasteiger partial charge in [0.15, 0.2) is 6.29 Å². The third-order valence-corrected chi connectivity index (χ3v) is 1.06. The Kier molecular flexibility index (Phi) is 3.77. The molecule has 0 unspecified atom stereocenters. The summed E-state index contributed by atoms with van der Waals surface area (Å²) in [6, 6.07) is 6.40. The van der Waals surface area contributed by atoms with Crippen LogP contribution in [-0.4, -0.2) is 11.4 Å². The molecule has 0 amide bonds. The first kappa shape index (κ1) is 9.21. The molecule has 0 spiro atoms. The average Bonchev–Trinajstić information content (AvgIpc) is 1.89. The molecular formula is C7H6CuO2+2. The monoisotopic (exact) mass is 185 g/mol. The number of benzene rings is 1. The van der Waals surface area contributed by atoms with E-state index in [2.05, 4.69) is 0 Å². The van der Waals surface area contributed by atoms with Gasteiger partial charge >= 0.3 is 17.1 Å². The van der Waals surface area contributed by atoms with Crippen LogP contribution in [0, 0.1) is 0 Å². The van der Waals surface area contributed by atoms with Gasteiger partial charge in [0.25, 0.3) is 0 Å². The molecule has 0 heterocycles. The number of phenols is 1. The van der Waals surface area contributed by atoms with Crippen LogP contribution < -0.4 is 0 Å². The van der Waals surface area contributed by atoms with Crippen LogP contribution in [0.15, 0.2) is 24.3 Å². The Balaban J connectivity index is 0.000000810. The fourth-order valence-electron chi connectivity index (χ4n) is 0.587. The summed E-state index contributed by atoms with van der Waals surface area (Å²) >= 11 is 0. The van der Waals surface area contributed by atoms with E-state index >= 15 is 0 Å². The second kappa shape index (κ2) is 4.09. The molecule has 0 fully saturated rings. The molecule has 1 radical (unpaired) electrons. The van der Waals surface area contributed by atoms with Crippen molar-refractivity contribution in [2.75, 3.05) is 0 Å². The van der Waals surface area contributed by atoms with Crippen molar-refractivity contribution < 1.29 is 27.0 Å². The Labute approximate surface area is 69.3 Å². The Morgan fingerprint density at radius 3 is 2.30 bits per heavy atom. The second-order valence-electron chi connectivity index (χ2n) is 1.68. The van der Waals surface area contributed by atoms with E-state index in [0.717, 1.165) is 0 Å². The molecular weight excluding hydrogens is 180 g/mol. The molecule has 0 aliphatic rings. The van der Waals surface area contributed by atoms with E-state index in [4.69, 9.17) is 5.11 Å². The first-order valence-corrected chi connectivity index (χ1v) is 2.58.